The van der Waals surface area contributed by atoms with Crippen LogP contribution in [0.25, 0.3) is 0 Å². The lowest BCUT2D eigenvalue weighted by atomic mass is 10.1. The van der Waals surface area contributed by atoms with Crippen LogP contribution >= 0.6 is 46.6 Å². The summed E-state index contributed by atoms with van der Waals surface area (Å²) in [6.07, 6.45) is 0.384. The van der Waals surface area contributed by atoms with Crippen LogP contribution in [0.2, 0.25) is 15.1 Å². The number of nitriles is 1. The van der Waals surface area contributed by atoms with Gasteiger partial charge in [-0.3, -0.25) is 14.5 Å². The van der Waals surface area contributed by atoms with Crippen LogP contribution in [0, 0.1) is 11.3 Å². The molecule has 170 valence electrons. The van der Waals surface area contributed by atoms with Crippen LogP contribution in [0.1, 0.15) is 5.56 Å². The summed E-state index contributed by atoms with van der Waals surface area (Å²) >= 11 is 19.2. The van der Waals surface area contributed by atoms with Crippen LogP contribution in [-0.4, -0.2) is 17.1 Å². The molecule has 1 aliphatic heterocycles. The molecule has 0 saturated carbocycles. The van der Waals surface area contributed by atoms with Gasteiger partial charge in [-0.05, 0) is 72.6 Å². The highest BCUT2D eigenvalue weighted by molar-refractivity contribution is 8.05. The second-order valence-corrected chi connectivity index (χ2v) is 9.84. The molecule has 0 spiro atoms. The van der Waals surface area contributed by atoms with E-state index in [1.54, 1.807) is 60.7 Å². The summed E-state index contributed by atoms with van der Waals surface area (Å²) in [4.78, 5) is 27.9. The fourth-order valence-corrected chi connectivity index (χ4v) is 5.19. The Kier molecular flexibility index (Phi) is 7.50. The number of anilines is 2. The summed E-state index contributed by atoms with van der Waals surface area (Å²) in [6.45, 7) is 0. The van der Waals surface area contributed by atoms with Gasteiger partial charge < -0.3 is 5.32 Å². The van der Waals surface area contributed by atoms with E-state index in [9.17, 15) is 14.9 Å². The molecule has 0 bridgehead atoms. The van der Waals surface area contributed by atoms with Crippen LogP contribution < -0.4 is 10.2 Å². The third-order valence-electron chi connectivity index (χ3n) is 5.00. The minimum absolute atomic E-state index is 0.170. The van der Waals surface area contributed by atoms with Gasteiger partial charge in [0.25, 0.3) is 5.91 Å². The van der Waals surface area contributed by atoms with Crippen molar-refractivity contribution in [3.8, 4) is 6.07 Å². The first-order valence-corrected chi connectivity index (χ1v) is 12.1. The van der Waals surface area contributed by atoms with Crippen molar-refractivity contribution in [3.05, 3.63) is 104 Å². The van der Waals surface area contributed by atoms with Gasteiger partial charge in [0.05, 0.1) is 5.25 Å². The van der Waals surface area contributed by atoms with Gasteiger partial charge in [0.15, 0.2) is 0 Å². The van der Waals surface area contributed by atoms with Gasteiger partial charge in [0.1, 0.15) is 16.7 Å². The number of thioether (sulfide) groups is 1. The van der Waals surface area contributed by atoms with E-state index in [2.05, 4.69) is 5.32 Å². The lowest BCUT2D eigenvalue weighted by Gasteiger charge is -2.19. The van der Waals surface area contributed by atoms with Crippen LogP contribution in [0.5, 0.6) is 0 Å². The third kappa shape index (κ3) is 5.40. The Morgan fingerprint density at radius 2 is 1.62 bits per heavy atom. The van der Waals surface area contributed by atoms with Crippen molar-refractivity contribution in [2.24, 2.45) is 0 Å². The maximum Gasteiger partial charge on any atom is 0.269 e. The van der Waals surface area contributed by atoms with Crippen molar-refractivity contribution in [1.29, 1.82) is 5.26 Å². The molecule has 0 aliphatic carbocycles. The quantitative estimate of drug-likeness (QED) is 0.295. The Bertz CT molecular complexity index is 1320. The molecule has 1 aliphatic rings. The average Bonchev–Trinajstić information content (AvgIpc) is 3.12. The predicted octanol–water partition coefficient (Wildman–Crippen LogP) is 6.71. The van der Waals surface area contributed by atoms with E-state index < -0.39 is 11.2 Å². The van der Waals surface area contributed by atoms with Crippen LogP contribution in [-0.2, 0) is 16.0 Å². The molecular formula is C25H16Cl3N3O2S. The van der Waals surface area contributed by atoms with Gasteiger partial charge >= 0.3 is 0 Å². The van der Waals surface area contributed by atoms with Crippen molar-refractivity contribution in [1.82, 2.24) is 0 Å². The lowest BCUT2D eigenvalue weighted by molar-refractivity contribution is -0.117. The highest BCUT2D eigenvalue weighted by Crippen LogP contribution is 2.42. The van der Waals surface area contributed by atoms with Gasteiger partial charge in [-0.1, -0.05) is 58.7 Å². The number of halogens is 3. The number of carbonyl (C=O) groups is 2. The molecule has 1 heterocycles. The molecule has 34 heavy (non-hydrogen) atoms. The number of nitrogens with one attached hydrogen (secondary N) is 1. The normalized spacial score (nSPS) is 16.8. The van der Waals surface area contributed by atoms with Crippen LogP contribution in [0.15, 0.2) is 83.4 Å². The molecule has 1 fully saturated rings. The molecule has 3 aromatic rings. The number of amides is 2. The van der Waals surface area contributed by atoms with Crippen molar-refractivity contribution in [2.45, 2.75) is 11.7 Å². The minimum atomic E-state index is -0.623. The fourth-order valence-electron chi connectivity index (χ4n) is 3.42. The summed E-state index contributed by atoms with van der Waals surface area (Å²) in [5.74, 6) is -0.864. The molecule has 0 unspecified atom stereocenters. The number of carbonyl (C=O) groups excluding carboxylic acids is 2. The van der Waals surface area contributed by atoms with Crippen molar-refractivity contribution in [2.75, 3.05) is 10.2 Å². The van der Waals surface area contributed by atoms with E-state index in [0.717, 1.165) is 5.56 Å². The molecule has 1 saturated heterocycles. The van der Waals surface area contributed by atoms with Gasteiger partial charge in [-0.15, -0.1) is 0 Å². The smallest absolute Gasteiger partial charge is 0.269 e. The first kappa shape index (κ1) is 24.2. The molecule has 1 N–H and O–H groups in total. The van der Waals surface area contributed by atoms with Crippen molar-refractivity contribution in [3.63, 3.8) is 0 Å². The number of rotatable bonds is 5. The Labute approximate surface area is 215 Å². The summed E-state index contributed by atoms with van der Waals surface area (Å²) < 4.78 is 0. The second kappa shape index (κ2) is 10.5. The van der Waals surface area contributed by atoms with Crippen molar-refractivity contribution >= 4 is 69.8 Å². The largest absolute Gasteiger partial charge is 0.321 e. The molecular weight excluding hydrogens is 513 g/mol. The zero-order valence-corrected chi connectivity index (χ0v) is 20.6. The highest BCUT2D eigenvalue weighted by atomic mass is 35.5. The molecule has 5 nitrogen and oxygen atoms in total. The zero-order valence-electron chi connectivity index (χ0n) is 17.5. The van der Waals surface area contributed by atoms with Gasteiger partial charge in [0.2, 0.25) is 5.91 Å². The molecule has 3 aromatic carbocycles. The Hall–Kier alpha value is -2.95. The number of benzene rings is 3. The molecule has 4 rings (SSSR count). The first-order valence-electron chi connectivity index (χ1n) is 10.1. The Morgan fingerprint density at radius 1 is 0.971 bits per heavy atom. The van der Waals surface area contributed by atoms with E-state index in [4.69, 9.17) is 34.8 Å². The second-order valence-electron chi connectivity index (χ2n) is 7.34. The lowest BCUT2D eigenvalue weighted by Crippen LogP contribution is -2.30. The number of hydrogen-bond donors (Lipinski definition) is 1. The summed E-state index contributed by atoms with van der Waals surface area (Å²) in [5.41, 5.74) is 1.69. The average molecular weight is 529 g/mol. The molecule has 2 amide bonds. The standard InChI is InChI=1S/C25H16Cl3N3O2S/c26-16-4-8-19(9-5-16)30-23(32)21(14-29)25-31(20-10-6-17(27)7-11-20)24(33)22(34-25)13-15-2-1-3-18(28)12-15/h1-12,22H,13H2,(H,30,32)/b25-21-/t22-/m0/s1. The zero-order chi connectivity index (χ0) is 24.2. The van der Waals surface area contributed by atoms with E-state index in [1.165, 1.54) is 16.7 Å². The van der Waals surface area contributed by atoms with E-state index in [0.29, 0.717) is 32.9 Å². The molecule has 0 aromatic heterocycles. The predicted molar refractivity (Wildman–Crippen MR) is 138 cm³/mol. The van der Waals surface area contributed by atoms with Gasteiger partial charge in [0, 0.05) is 26.4 Å². The molecule has 9 heteroatoms. The summed E-state index contributed by atoms with van der Waals surface area (Å²) in [7, 11) is 0. The van der Waals surface area contributed by atoms with Gasteiger partial charge in [-0.2, -0.15) is 5.26 Å². The van der Waals surface area contributed by atoms with Gasteiger partial charge in [-0.25, -0.2) is 0 Å². The minimum Gasteiger partial charge on any atom is -0.321 e. The first-order chi connectivity index (χ1) is 16.4. The van der Waals surface area contributed by atoms with Crippen LogP contribution in [0.3, 0.4) is 0 Å². The molecule has 1 atom stereocenters. The summed E-state index contributed by atoms with van der Waals surface area (Å²) in [5, 5.41) is 13.9. The van der Waals surface area contributed by atoms with E-state index >= 15 is 0 Å². The Morgan fingerprint density at radius 3 is 2.24 bits per heavy atom. The topological polar surface area (TPSA) is 73.2 Å². The number of hydrogen-bond acceptors (Lipinski definition) is 4. The summed E-state index contributed by atoms with van der Waals surface area (Å²) in [6, 6.07) is 22.4. The van der Waals surface area contributed by atoms with E-state index in [1.807, 2.05) is 18.2 Å². The Balaban J connectivity index is 1.72. The van der Waals surface area contributed by atoms with Crippen molar-refractivity contribution < 1.29 is 9.59 Å². The fraction of sp³-hybridized carbons (Fsp3) is 0.0800. The maximum atomic E-state index is 13.5. The highest BCUT2D eigenvalue weighted by Gasteiger charge is 2.40. The molecule has 0 radical (unpaired) electrons. The third-order valence-corrected chi connectivity index (χ3v) is 7.00. The SMILES string of the molecule is N#C/C(C(=O)Nc1ccc(Cl)cc1)=C1/S[C@@H](Cc2cccc(Cl)c2)C(=O)N1c1ccc(Cl)cc1. The maximum absolute atomic E-state index is 13.5. The monoisotopic (exact) mass is 527 g/mol. The van der Waals surface area contributed by atoms with Crippen LogP contribution in [0.4, 0.5) is 11.4 Å². The van der Waals surface area contributed by atoms with E-state index in [-0.39, 0.29) is 16.5 Å². The number of nitrogens with zero attached hydrogens (tertiary/aromatic N) is 2.